The van der Waals surface area contributed by atoms with E-state index in [0.29, 0.717) is 44.5 Å². The fourth-order valence-corrected chi connectivity index (χ4v) is 3.29. The van der Waals surface area contributed by atoms with Crippen LogP contribution in [0.1, 0.15) is 49.9 Å². The number of carbonyl (C=O) groups excluding carboxylic acids is 3. The van der Waals surface area contributed by atoms with Crippen LogP contribution >= 0.6 is 0 Å². The van der Waals surface area contributed by atoms with Gasteiger partial charge in [0, 0.05) is 31.6 Å². The molecule has 1 atom stereocenters. The van der Waals surface area contributed by atoms with Gasteiger partial charge < -0.3 is 15.5 Å². The summed E-state index contributed by atoms with van der Waals surface area (Å²) in [6.07, 6.45) is 2.57. The number of halogens is 1. The molecule has 6 nitrogen and oxygen atoms in total. The lowest BCUT2D eigenvalue weighted by Crippen LogP contribution is -2.53. The molecular formula is C20H28FN3O3. The van der Waals surface area contributed by atoms with E-state index in [1.807, 2.05) is 13.8 Å². The van der Waals surface area contributed by atoms with Crippen molar-refractivity contribution in [3.05, 3.63) is 35.6 Å². The highest BCUT2D eigenvalue weighted by Crippen LogP contribution is 2.22. The molecule has 1 fully saturated rings. The summed E-state index contributed by atoms with van der Waals surface area (Å²) in [6, 6.07) is 4.56. The van der Waals surface area contributed by atoms with Crippen molar-refractivity contribution in [2.24, 2.45) is 5.92 Å². The molecule has 1 aliphatic heterocycles. The van der Waals surface area contributed by atoms with Crippen LogP contribution in [0.25, 0.3) is 0 Å². The third kappa shape index (κ3) is 5.77. The van der Waals surface area contributed by atoms with Gasteiger partial charge in [-0.05, 0) is 49.4 Å². The number of rotatable bonds is 7. The SMILES string of the molecule is CCCNC(=O)[C@@H](NC(=O)c1ccc(F)cc1)C1CCN(C(=O)CC)CC1. The van der Waals surface area contributed by atoms with E-state index in [0.717, 1.165) is 6.42 Å². The molecule has 27 heavy (non-hydrogen) atoms. The molecule has 148 valence electrons. The lowest BCUT2D eigenvalue weighted by molar-refractivity contribution is -0.132. The highest BCUT2D eigenvalue weighted by atomic mass is 19.1. The lowest BCUT2D eigenvalue weighted by Gasteiger charge is -2.35. The summed E-state index contributed by atoms with van der Waals surface area (Å²) < 4.78 is 13.1. The maximum atomic E-state index is 13.1. The second-order valence-electron chi connectivity index (χ2n) is 6.82. The highest BCUT2D eigenvalue weighted by molar-refractivity contribution is 5.97. The number of nitrogens with zero attached hydrogens (tertiary/aromatic N) is 1. The van der Waals surface area contributed by atoms with Crippen molar-refractivity contribution in [2.45, 2.75) is 45.6 Å². The first kappa shape index (κ1) is 20.9. The number of hydrogen-bond donors (Lipinski definition) is 2. The third-order valence-corrected chi connectivity index (χ3v) is 4.89. The van der Waals surface area contributed by atoms with Gasteiger partial charge in [0.05, 0.1) is 0 Å². The Kier molecular flexibility index (Phi) is 7.76. The van der Waals surface area contributed by atoms with Crippen molar-refractivity contribution in [3.63, 3.8) is 0 Å². The predicted octanol–water partition coefficient (Wildman–Crippen LogP) is 2.10. The van der Waals surface area contributed by atoms with Crippen LogP contribution in [0.3, 0.4) is 0 Å². The molecule has 0 bridgehead atoms. The summed E-state index contributed by atoms with van der Waals surface area (Å²) in [7, 11) is 0. The van der Waals surface area contributed by atoms with Crippen molar-refractivity contribution in [1.82, 2.24) is 15.5 Å². The first-order valence-electron chi connectivity index (χ1n) is 9.58. The molecule has 0 aliphatic carbocycles. The quantitative estimate of drug-likeness (QED) is 0.764. The molecule has 1 saturated heterocycles. The molecule has 1 heterocycles. The monoisotopic (exact) mass is 377 g/mol. The minimum absolute atomic E-state index is 0.0489. The van der Waals surface area contributed by atoms with Gasteiger partial charge in [0.15, 0.2) is 0 Å². The van der Waals surface area contributed by atoms with E-state index < -0.39 is 17.8 Å². The average Bonchev–Trinajstić information content (AvgIpc) is 2.70. The first-order valence-corrected chi connectivity index (χ1v) is 9.58. The van der Waals surface area contributed by atoms with Gasteiger partial charge in [0.1, 0.15) is 11.9 Å². The van der Waals surface area contributed by atoms with E-state index >= 15 is 0 Å². The van der Waals surface area contributed by atoms with Crippen molar-refractivity contribution < 1.29 is 18.8 Å². The van der Waals surface area contributed by atoms with Gasteiger partial charge in [0.2, 0.25) is 11.8 Å². The van der Waals surface area contributed by atoms with E-state index in [2.05, 4.69) is 10.6 Å². The summed E-state index contributed by atoms with van der Waals surface area (Å²) in [6.45, 7) is 5.50. The molecular weight excluding hydrogens is 349 g/mol. The van der Waals surface area contributed by atoms with Gasteiger partial charge in [-0.15, -0.1) is 0 Å². The third-order valence-electron chi connectivity index (χ3n) is 4.89. The van der Waals surface area contributed by atoms with Crippen LogP contribution in [0.5, 0.6) is 0 Å². The number of hydrogen-bond acceptors (Lipinski definition) is 3. The first-order chi connectivity index (χ1) is 13.0. The minimum Gasteiger partial charge on any atom is -0.354 e. The summed E-state index contributed by atoms with van der Waals surface area (Å²) in [5.41, 5.74) is 0.309. The molecule has 0 spiro atoms. The predicted molar refractivity (Wildman–Crippen MR) is 101 cm³/mol. The lowest BCUT2D eigenvalue weighted by atomic mass is 9.88. The fourth-order valence-electron chi connectivity index (χ4n) is 3.29. The fraction of sp³-hybridized carbons (Fsp3) is 0.550. The van der Waals surface area contributed by atoms with Crippen molar-refractivity contribution in [3.8, 4) is 0 Å². The summed E-state index contributed by atoms with van der Waals surface area (Å²) in [5, 5.41) is 5.66. The number of benzene rings is 1. The van der Waals surface area contributed by atoms with Gasteiger partial charge >= 0.3 is 0 Å². The number of likely N-dealkylation sites (tertiary alicyclic amines) is 1. The maximum Gasteiger partial charge on any atom is 0.251 e. The second kappa shape index (κ2) is 10.0. The topological polar surface area (TPSA) is 78.5 Å². The zero-order chi connectivity index (χ0) is 19.8. The van der Waals surface area contributed by atoms with Crippen molar-refractivity contribution >= 4 is 17.7 Å². The van der Waals surface area contributed by atoms with E-state index in [9.17, 15) is 18.8 Å². The highest BCUT2D eigenvalue weighted by Gasteiger charge is 2.33. The zero-order valence-corrected chi connectivity index (χ0v) is 16.0. The smallest absolute Gasteiger partial charge is 0.251 e. The summed E-state index contributed by atoms with van der Waals surface area (Å²) in [5.74, 6) is -0.981. The van der Waals surface area contributed by atoms with E-state index in [1.165, 1.54) is 24.3 Å². The Morgan fingerprint density at radius 1 is 1.15 bits per heavy atom. The molecule has 0 radical (unpaired) electrons. The van der Waals surface area contributed by atoms with Crippen LogP contribution < -0.4 is 10.6 Å². The average molecular weight is 377 g/mol. The van der Waals surface area contributed by atoms with Gasteiger partial charge in [-0.2, -0.15) is 0 Å². The molecule has 0 unspecified atom stereocenters. The standard InChI is InChI=1S/C20H28FN3O3/c1-3-11-22-20(27)18(14-9-12-24(13-10-14)17(25)4-2)23-19(26)15-5-7-16(21)8-6-15/h5-8,14,18H,3-4,9-13H2,1-2H3,(H,22,27)(H,23,26)/t18-/m0/s1. The molecule has 2 N–H and O–H groups in total. The van der Waals surface area contributed by atoms with Crippen LogP contribution in [0.15, 0.2) is 24.3 Å². The van der Waals surface area contributed by atoms with Crippen LogP contribution in [0.2, 0.25) is 0 Å². The Hall–Kier alpha value is -2.44. The Balaban J connectivity index is 2.07. The van der Waals surface area contributed by atoms with Crippen LogP contribution in [0.4, 0.5) is 4.39 Å². The van der Waals surface area contributed by atoms with E-state index in [-0.39, 0.29) is 17.7 Å². The van der Waals surface area contributed by atoms with E-state index in [1.54, 1.807) is 4.90 Å². The summed E-state index contributed by atoms with van der Waals surface area (Å²) in [4.78, 5) is 38.8. The van der Waals surface area contributed by atoms with Crippen LogP contribution in [-0.2, 0) is 9.59 Å². The Bertz CT molecular complexity index is 655. The van der Waals surface area contributed by atoms with Crippen molar-refractivity contribution in [1.29, 1.82) is 0 Å². The molecule has 1 aromatic rings. The molecule has 7 heteroatoms. The van der Waals surface area contributed by atoms with Crippen LogP contribution in [-0.4, -0.2) is 48.3 Å². The Morgan fingerprint density at radius 2 is 1.78 bits per heavy atom. The largest absolute Gasteiger partial charge is 0.354 e. The minimum atomic E-state index is -0.673. The summed E-state index contributed by atoms with van der Waals surface area (Å²) >= 11 is 0. The molecule has 2 rings (SSSR count). The number of carbonyl (C=O) groups is 3. The molecule has 0 saturated carbocycles. The van der Waals surface area contributed by atoms with Gasteiger partial charge in [-0.25, -0.2) is 4.39 Å². The Labute approximate surface area is 159 Å². The van der Waals surface area contributed by atoms with Gasteiger partial charge in [0.25, 0.3) is 5.91 Å². The molecule has 1 aliphatic rings. The number of nitrogens with one attached hydrogen (secondary N) is 2. The normalized spacial score (nSPS) is 15.9. The van der Waals surface area contributed by atoms with Crippen LogP contribution in [0, 0.1) is 11.7 Å². The van der Waals surface area contributed by atoms with Crippen molar-refractivity contribution in [2.75, 3.05) is 19.6 Å². The molecule has 1 aromatic carbocycles. The maximum absolute atomic E-state index is 13.1. The van der Waals surface area contributed by atoms with E-state index in [4.69, 9.17) is 0 Å². The second-order valence-corrected chi connectivity index (χ2v) is 6.82. The molecule has 0 aromatic heterocycles. The number of amides is 3. The number of piperidine rings is 1. The van der Waals surface area contributed by atoms with Gasteiger partial charge in [-0.3, -0.25) is 14.4 Å². The van der Waals surface area contributed by atoms with Gasteiger partial charge in [-0.1, -0.05) is 13.8 Å². The Morgan fingerprint density at radius 3 is 2.33 bits per heavy atom. The zero-order valence-electron chi connectivity index (χ0n) is 16.0. The molecule has 3 amide bonds.